The molecule has 0 spiro atoms. The number of carbonyl (C=O) groups is 1. The average molecular weight is 422 g/mol. The molecule has 1 unspecified atom stereocenters. The summed E-state index contributed by atoms with van der Waals surface area (Å²) in [6.45, 7) is 3.15. The van der Waals surface area contributed by atoms with E-state index in [1.807, 2.05) is 61.5 Å². The van der Waals surface area contributed by atoms with Gasteiger partial charge < -0.3 is 14.8 Å². The van der Waals surface area contributed by atoms with Crippen LogP contribution >= 0.6 is 11.6 Å². The van der Waals surface area contributed by atoms with Crippen molar-refractivity contribution in [2.75, 3.05) is 6.54 Å². The Hall–Kier alpha value is -2.82. The number of hydrogen-bond acceptors (Lipinski definition) is 4. The number of benzene rings is 3. The van der Waals surface area contributed by atoms with E-state index in [9.17, 15) is 4.79 Å². The van der Waals surface area contributed by atoms with E-state index in [4.69, 9.17) is 21.1 Å². The van der Waals surface area contributed by atoms with Gasteiger partial charge in [0.05, 0.1) is 0 Å². The summed E-state index contributed by atoms with van der Waals surface area (Å²) in [6.07, 6.45) is 2.10. The molecule has 1 fully saturated rings. The molecule has 5 heteroatoms. The first kappa shape index (κ1) is 20.5. The van der Waals surface area contributed by atoms with Crippen molar-refractivity contribution in [3.63, 3.8) is 0 Å². The van der Waals surface area contributed by atoms with Gasteiger partial charge in [-0.05, 0) is 61.2 Å². The number of para-hydroxylation sites is 1. The molecule has 1 aliphatic rings. The fourth-order valence-electron chi connectivity index (χ4n) is 3.74. The second-order valence-electron chi connectivity index (χ2n) is 7.40. The first-order valence-corrected chi connectivity index (χ1v) is 10.5. The van der Waals surface area contributed by atoms with E-state index in [0.29, 0.717) is 34.3 Å². The van der Waals surface area contributed by atoms with Crippen molar-refractivity contribution in [2.24, 2.45) is 0 Å². The van der Waals surface area contributed by atoms with Crippen molar-refractivity contribution >= 4 is 17.6 Å². The number of rotatable bonds is 6. The van der Waals surface area contributed by atoms with Crippen LogP contribution in [-0.2, 0) is 6.61 Å². The standard InChI is InChI=1S/C25H24ClNO3/c1-17-23(25(28)30-19-11-6-3-7-12-19)22(29-16-18-9-4-2-5-10-18)15-20(24(17)26)21-13-8-14-27-21/h2-7,9-12,15,21,27H,8,13-14,16H2,1H3. The minimum absolute atomic E-state index is 0.162. The van der Waals surface area contributed by atoms with Crippen LogP contribution in [0.3, 0.4) is 0 Å². The third kappa shape index (κ3) is 4.50. The number of carbonyl (C=O) groups excluding carboxylic acids is 1. The van der Waals surface area contributed by atoms with Crippen LogP contribution in [0.15, 0.2) is 66.7 Å². The Morgan fingerprint density at radius 2 is 1.80 bits per heavy atom. The predicted molar refractivity (Wildman–Crippen MR) is 118 cm³/mol. The van der Waals surface area contributed by atoms with Gasteiger partial charge in [0.1, 0.15) is 23.7 Å². The van der Waals surface area contributed by atoms with Gasteiger partial charge in [0.25, 0.3) is 0 Å². The van der Waals surface area contributed by atoms with Crippen LogP contribution in [0, 0.1) is 6.92 Å². The zero-order valence-corrected chi connectivity index (χ0v) is 17.6. The Morgan fingerprint density at radius 1 is 1.10 bits per heavy atom. The molecular weight excluding hydrogens is 398 g/mol. The van der Waals surface area contributed by atoms with E-state index in [1.165, 1.54) is 0 Å². The molecule has 4 nitrogen and oxygen atoms in total. The van der Waals surface area contributed by atoms with E-state index < -0.39 is 5.97 Å². The van der Waals surface area contributed by atoms with Crippen LogP contribution in [0.2, 0.25) is 5.02 Å². The molecule has 3 aromatic rings. The van der Waals surface area contributed by atoms with Crippen molar-refractivity contribution in [2.45, 2.75) is 32.4 Å². The minimum Gasteiger partial charge on any atom is -0.488 e. The fraction of sp³-hybridized carbons (Fsp3) is 0.240. The molecule has 1 aliphatic heterocycles. The molecule has 1 N–H and O–H groups in total. The molecular formula is C25H24ClNO3. The summed E-state index contributed by atoms with van der Waals surface area (Å²) in [7, 11) is 0. The first-order chi connectivity index (χ1) is 14.6. The molecule has 4 rings (SSSR count). The van der Waals surface area contributed by atoms with Crippen LogP contribution in [0.5, 0.6) is 11.5 Å². The van der Waals surface area contributed by atoms with E-state index in [2.05, 4.69) is 5.32 Å². The summed E-state index contributed by atoms with van der Waals surface area (Å²) in [6, 6.07) is 20.9. The summed E-state index contributed by atoms with van der Waals surface area (Å²) in [4.78, 5) is 13.1. The lowest BCUT2D eigenvalue weighted by atomic mass is 9.98. The summed E-state index contributed by atoms with van der Waals surface area (Å²) >= 11 is 6.71. The van der Waals surface area contributed by atoms with E-state index >= 15 is 0 Å². The Balaban J connectivity index is 1.70. The molecule has 3 aromatic carbocycles. The van der Waals surface area contributed by atoms with E-state index in [0.717, 1.165) is 30.5 Å². The van der Waals surface area contributed by atoms with Crippen molar-refractivity contribution < 1.29 is 14.3 Å². The number of hydrogen-bond donors (Lipinski definition) is 1. The van der Waals surface area contributed by atoms with Gasteiger partial charge in [0, 0.05) is 11.1 Å². The highest BCUT2D eigenvalue weighted by Crippen LogP contribution is 2.38. The lowest BCUT2D eigenvalue weighted by molar-refractivity contribution is 0.0729. The Labute approximate surface area is 181 Å². The molecule has 0 saturated carbocycles. The third-order valence-electron chi connectivity index (χ3n) is 5.32. The SMILES string of the molecule is Cc1c(Cl)c(C2CCCN2)cc(OCc2ccccc2)c1C(=O)Oc1ccccc1. The molecule has 0 bridgehead atoms. The van der Waals surface area contributed by atoms with Crippen LogP contribution < -0.4 is 14.8 Å². The average Bonchev–Trinajstić information content (AvgIpc) is 3.30. The number of nitrogens with one attached hydrogen (secondary N) is 1. The second kappa shape index (κ2) is 9.33. The van der Waals surface area contributed by atoms with Crippen molar-refractivity contribution in [3.05, 3.63) is 94.0 Å². The van der Waals surface area contributed by atoms with Gasteiger partial charge in [-0.25, -0.2) is 4.79 Å². The number of ether oxygens (including phenoxy) is 2. The normalized spacial score (nSPS) is 15.7. The van der Waals surface area contributed by atoms with Gasteiger partial charge in [-0.1, -0.05) is 60.1 Å². The number of esters is 1. The summed E-state index contributed by atoms with van der Waals surface area (Å²) in [5.41, 5.74) is 3.02. The van der Waals surface area contributed by atoms with Crippen LogP contribution in [0.25, 0.3) is 0 Å². The maximum absolute atomic E-state index is 13.1. The Bertz CT molecular complexity index is 1020. The third-order valence-corrected chi connectivity index (χ3v) is 5.82. The fourth-order valence-corrected chi connectivity index (χ4v) is 4.02. The summed E-state index contributed by atoms with van der Waals surface area (Å²) in [5.74, 6) is 0.494. The molecule has 0 aliphatic carbocycles. The zero-order chi connectivity index (χ0) is 20.9. The van der Waals surface area contributed by atoms with Crippen molar-refractivity contribution in [3.8, 4) is 11.5 Å². The highest BCUT2D eigenvalue weighted by Gasteiger charge is 2.27. The molecule has 1 heterocycles. The van der Waals surface area contributed by atoms with Gasteiger partial charge in [-0.2, -0.15) is 0 Å². The van der Waals surface area contributed by atoms with Gasteiger partial charge in [-0.15, -0.1) is 0 Å². The first-order valence-electron chi connectivity index (χ1n) is 10.1. The second-order valence-corrected chi connectivity index (χ2v) is 7.78. The van der Waals surface area contributed by atoms with E-state index in [1.54, 1.807) is 12.1 Å². The van der Waals surface area contributed by atoms with Crippen LogP contribution in [0.1, 0.15) is 45.9 Å². The molecule has 1 atom stereocenters. The quantitative estimate of drug-likeness (QED) is 0.399. The number of halogens is 1. The van der Waals surface area contributed by atoms with Crippen LogP contribution in [0.4, 0.5) is 0 Å². The predicted octanol–water partition coefficient (Wildman–Crippen LogP) is 5.87. The largest absolute Gasteiger partial charge is 0.488 e. The van der Waals surface area contributed by atoms with Gasteiger partial charge in [-0.3, -0.25) is 0 Å². The van der Waals surface area contributed by atoms with Crippen molar-refractivity contribution in [1.29, 1.82) is 0 Å². The molecule has 30 heavy (non-hydrogen) atoms. The lowest BCUT2D eigenvalue weighted by Crippen LogP contribution is -2.17. The highest BCUT2D eigenvalue weighted by molar-refractivity contribution is 6.32. The smallest absolute Gasteiger partial charge is 0.347 e. The van der Waals surface area contributed by atoms with Crippen molar-refractivity contribution in [1.82, 2.24) is 5.32 Å². The maximum atomic E-state index is 13.1. The van der Waals surface area contributed by atoms with E-state index in [-0.39, 0.29) is 6.04 Å². The summed E-state index contributed by atoms with van der Waals surface area (Å²) in [5, 5.41) is 4.06. The summed E-state index contributed by atoms with van der Waals surface area (Å²) < 4.78 is 11.7. The Morgan fingerprint density at radius 3 is 2.47 bits per heavy atom. The minimum atomic E-state index is -0.477. The molecule has 154 valence electrons. The zero-order valence-electron chi connectivity index (χ0n) is 16.9. The lowest BCUT2D eigenvalue weighted by Gasteiger charge is -2.20. The van der Waals surface area contributed by atoms with Gasteiger partial charge in [0.2, 0.25) is 0 Å². The van der Waals surface area contributed by atoms with Gasteiger partial charge in [0.15, 0.2) is 0 Å². The monoisotopic (exact) mass is 421 g/mol. The maximum Gasteiger partial charge on any atom is 0.347 e. The molecule has 0 aromatic heterocycles. The highest BCUT2D eigenvalue weighted by atomic mass is 35.5. The molecule has 0 amide bonds. The van der Waals surface area contributed by atoms with Crippen LogP contribution in [-0.4, -0.2) is 12.5 Å². The topological polar surface area (TPSA) is 47.6 Å². The molecule has 0 radical (unpaired) electrons. The Kier molecular flexibility index (Phi) is 6.36. The molecule has 1 saturated heterocycles. The van der Waals surface area contributed by atoms with Gasteiger partial charge >= 0.3 is 5.97 Å².